The van der Waals surface area contributed by atoms with Gasteiger partial charge in [0.05, 0.1) is 7.11 Å². The van der Waals surface area contributed by atoms with E-state index in [0.29, 0.717) is 0 Å². The van der Waals surface area contributed by atoms with Crippen LogP contribution in [0.1, 0.15) is 19.3 Å². The molecule has 0 bridgehead atoms. The quantitative estimate of drug-likeness (QED) is 0.434. The zero-order chi connectivity index (χ0) is 12.1. The standard InChI is InChI=1S/C14H18INO/c1-17-13-5-6-14-12(11-13)7-10-16(14)9-4-2-3-8-15/h5-7,10-11H,2-4,8-9H2,1H3. The molecule has 2 nitrogen and oxygen atoms in total. The van der Waals surface area contributed by atoms with Gasteiger partial charge < -0.3 is 9.30 Å². The van der Waals surface area contributed by atoms with E-state index in [4.69, 9.17) is 4.74 Å². The van der Waals surface area contributed by atoms with Crippen LogP contribution in [0.15, 0.2) is 30.5 Å². The van der Waals surface area contributed by atoms with Crippen molar-refractivity contribution in [3.63, 3.8) is 0 Å². The average molecular weight is 343 g/mol. The van der Waals surface area contributed by atoms with E-state index in [2.05, 4.69) is 51.6 Å². The number of aromatic nitrogens is 1. The van der Waals surface area contributed by atoms with Crippen LogP contribution in [-0.4, -0.2) is 16.1 Å². The molecule has 0 fully saturated rings. The van der Waals surface area contributed by atoms with Crippen molar-refractivity contribution in [2.75, 3.05) is 11.5 Å². The summed E-state index contributed by atoms with van der Waals surface area (Å²) in [5.74, 6) is 0.931. The van der Waals surface area contributed by atoms with Crippen LogP contribution in [0.4, 0.5) is 0 Å². The van der Waals surface area contributed by atoms with Crippen LogP contribution in [0, 0.1) is 0 Å². The normalized spacial score (nSPS) is 10.9. The Hall–Kier alpha value is -0.710. The van der Waals surface area contributed by atoms with Crippen LogP contribution in [-0.2, 0) is 6.54 Å². The molecule has 1 aromatic heterocycles. The molecule has 17 heavy (non-hydrogen) atoms. The molecule has 0 amide bonds. The van der Waals surface area contributed by atoms with Gasteiger partial charge in [-0.2, -0.15) is 0 Å². The summed E-state index contributed by atoms with van der Waals surface area (Å²) in [7, 11) is 1.71. The largest absolute Gasteiger partial charge is 0.497 e. The fraction of sp³-hybridized carbons (Fsp3) is 0.429. The number of alkyl halides is 1. The van der Waals surface area contributed by atoms with Gasteiger partial charge in [-0.3, -0.25) is 0 Å². The summed E-state index contributed by atoms with van der Waals surface area (Å²) < 4.78 is 8.84. The third kappa shape index (κ3) is 3.15. The first-order valence-corrected chi connectivity index (χ1v) is 7.56. The van der Waals surface area contributed by atoms with Gasteiger partial charge in [0.2, 0.25) is 0 Å². The number of halogens is 1. The van der Waals surface area contributed by atoms with Crippen LogP contribution in [0.25, 0.3) is 10.9 Å². The molecule has 0 N–H and O–H groups in total. The van der Waals surface area contributed by atoms with Crippen molar-refractivity contribution in [1.82, 2.24) is 4.57 Å². The molecule has 0 aliphatic carbocycles. The average Bonchev–Trinajstić information content (AvgIpc) is 2.77. The number of hydrogen-bond donors (Lipinski definition) is 0. The van der Waals surface area contributed by atoms with Gasteiger partial charge in [-0.25, -0.2) is 0 Å². The molecule has 0 spiro atoms. The fourth-order valence-corrected chi connectivity index (χ4v) is 2.59. The number of ether oxygens (including phenoxy) is 1. The van der Waals surface area contributed by atoms with E-state index in [9.17, 15) is 0 Å². The molecular formula is C14H18INO. The van der Waals surface area contributed by atoms with E-state index in [1.165, 1.54) is 34.6 Å². The first kappa shape index (κ1) is 12.7. The van der Waals surface area contributed by atoms with E-state index < -0.39 is 0 Å². The fourth-order valence-electron chi connectivity index (χ4n) is 2.05. The van der Waals surface area contributed by atoms with Crippen LogP contribution in [0.3, 0.4) is 0 Å². The second-order valence-corrected chi connectivity index (χ2v) is 5.26. The van der Waals surface area contributed by atoms with Gasteiger partial charge in [0, 0.05) is 23.6 Å². The Morgan fingerprint density at radius 1 is 1.18 bits per heavy atom. The Morgan fingerprint density at radius 3 is 2.82 bits per heavy atom. The molecule has 0 saturated heterocycles. The molecule has 1 aromatic carbocycles. The highest BCUT2D eigenvalue weighted by molar-refractivity contribution is 14.1. The summed E-state index contributed by atoms with van der Waals surface area (Å²) in [6.07, 6.45) is 6.08. The van der Waals surface area contributed by atoms with Gasteiger partial charge in [0.25, 0.3) is 0 Å². The van der Waals surface area contributed by atoms with Gasteiger partial charge in [0.15, 0.2) is 0 Å². The lowest BCUT2D eigenvalue weighted by atomic mass is 10.2. The smallest absolute Gasteiger partial charge is 0.119 e. The SMILES string of the molecule is COc1ccc2c(ccn2CCCCCI)c1. The topological polar surface area (TPSA) is 14.2 Å². The maximum Gasteiger partial charge on any atom is 0.119 e. The zero-order valence-electron chi connectivity index (χ0n) is 10.2. The number of unbranched alkanes of at least 4 members (excludes halogenated alkanes) is 2. The van der Waals surface area contributed by atoms with Crippen molar-refractivity contribution in [2.45, 2.75) is 25.8 Å². The number of rotatable bonds is 6. The number of fused-ring (bicyclic) bond motifs is 1. The molecular weight excluding hydrogens is 325 g/mol. The lowest BCUT2D eigenvalue weighted by Crippen LogP contribution is -1.96. The van der Waals surface area contributed by atoms with E-state index in [-0.39, 0.29) is 0 Å². The number of nitrogens with zero attached hydrogens (tertiary/aromatic N) is 1. The molecule has 0 unspecified atom stereocenters. The maximum atomic E-state index is 5.23. The van der Waals surface area contributed by atoms with Crippen molar-refractivity contribution in [3.8, 4) is 5.75 Å². The number of methoxy groups -OCH3 is 1. The van der Waals surface area contributed by atoms with Crippen LogP contribution >= 0.6 is 22.6 Å². The molecule has 3 heteroatoms. The minimum absolute atomic E-state index is 0.931. The molecule has 2 rings (SSSR count). The monoisotopic (exact) mass is 343 g/mol. The zero-order valence-corrected chi connectivity index (χ0v) is 12.3. The van der Waals surface area contributed by atoms with E-state index in [0.717, 1.165) is 12.3 Å². The molecule has 0 radical (unpaired) electrons. The number of benzene rings is 1. The molecule has 0 aliphatic rings. The van der Waals surface area contributed by atoms with Crippen molar-refractivity contribution < 1.29 is 4.74 Å². The summed E-state index contributed by atoms with van der Waals surface area (Å²) in [5, 5.41) is 1.26. The third-order valence-corrected chi connectivity index (χ3v) is 3.77. The van der Waals surface area contributed by atoms with E-state index >= 15 is 0 Å². The van der Waals surface area contributed by atoms with Crippen LogP contribution in [0.2, 0.25) is 0 Å². The second kappa shape index (κ2) is 6.28. The summed E-state index contributed by atoms with van der Waals surface area (Å²) in [6, 6.07) is 8.43. The highest BCUT2D eigenvalue weighted by atomic mass is 127. The van der Waals surface area contributed by atoms with Crippen molar-refractivity contribution in [2.24, 2.45) is 0 Å². The first-order chi connectivity index (χ1) is 8.35. The van der Waals surface area contributed by atoms with Crippen molar-refractivity contribution in [1.29, 1.82) is 0 Å². The summed E-state index contributed by atoms with van der Waals surface area (Å²) >= 11 is 2.44. The number of hydrogen-bond acceptors (Lipinski definition) is 1. The van der Waals surface area contributed by atoms with Crippen molar-refractivity contribution in [3.05, 3.63) is 30.5 Å². The molecule has 0 atom stereocenters. The minimum atomic E-state index is 0.931. The lowest BCUT2D eigenvalue weighted by Gasteiger charge is -2.05. The Labute approximate surface area is 116 Å². The van der Waals surface area contributed by atoms with Gasteiger partial charge in [-0.05, 0) is 41.5 Å². The van der Waals surface area contributed by atoms with E-state index in [1.54, 1.807) is 7.11 Å². The second-order valence-electron chi connectivity index (χ2n) is 4.18. The highest BCUT2D eigenvalue weighted by Gasteiger charge is 2.02. The van der Waals surface area contributed by atoms with Crippen molar-refractivity contribution >= 4 is 33.5 Å². The Bertz CT molecular complexity index is 478. The highest BCUT2D eigenvalue weighted by Crippen LogP contribution is 2.22. The molecule has 1 heterocycles. The van der Waals surface area contributed by atoms with Crippen LogP contribution in [0.5, 0.6) is 5.75 Å². The van der Waals surface area contributed by atoms with Gasteiger partial charge in [-0.1, -0.05) is 29.0 Å². The Kier molecular flexibility index (Phi) is 4.71. The van der Waals surface area contributed by atoms with Gasteiger partial charge in [-0.15, -0.1) is 0 Å². The van der Waals surface area contributed by atoms with Gasteiger partial charge >= 0.3 is 0 Å². The lowest BCUT2D eigenvalue weighted by molar-refractivity contribution is 0.415. The predicted molar refractivity (Wildman–Crippen MR) is 81.2 cm³/mol. The molecule has 92 valence electrons. The van der Waals surface area contributed by atoms with E-state index in [1.807, 2.05) is 6.07 Å². The minimum Gasteiger partial charge on any atom is -0.497 e. The molecule has 0 saturated carbocycles. The summed E-state index contributed by atoms with van der Waals surface area (Å²) in [5.41, 5.74) is 1.31. The Balaban J connectivity index is 2.08. The summed E-state index contributed by atoms with van der Waals surface area (Å²) in [4.78, 5) is 0. The predicted octanol–water partition coefficient (Wildman–Crippen LogP) is 4.26. The third-order valence-electron chi connectivity index (χ3n) is 3.01. The number of aryl methyl sites for hydroxylation is 1. The maximum absolute atomic E-state index is 5.23. The molecule has 0 aliphatic heterocycles. The first-order valence-electron chi connectivity index (χ1n) is 6.04. The Morgan fingerprint density at radius 2 is 2.06 bits per heavy atom. The summed E-state index contributed by atoms with van der Waals surface area (Å²) in [6.45, 7) is 1.12. The molecule has 2 aromatic rings. The van der Waals surface area contributed by atoms with Crippen LogP contribution < -0.4 is 4.74 Å². The van der Waals surface area contributed by atoms with Gasteiger partial charge in [0.1, 0.15) is 5.75 Å².